The molecule has 3 heteroatoms. The maximum Gasteiger partial charge on any atom is 0.204 e. The number of aliphatic hydroxyl groups is 1. The van der Waals surface area contributed by atoms with Crippen molar-refractivity contribution in [3.8, 4) is 0 Å². The highest BCUT2D eigenvalue weighted by atomic mass is 16.5. The van der Waals surface area contributed by atoms with Gasteiger partial charge in [-0.25, -0.2) is 0 Å². The maximum atomic E-state index is 11.6. The minimum atomic E-state index is -1.04. The number of ketones is 1. The smallest absolute Gasteiger partial charge is 0.204 e. The van der Waals surface area contributed by atoms with Crippen LogP contribution in [-0.4, -0.2) is 22.6 Å². The van der Waals surface area contributed by atoms with Crippen LogP contribution >= 0.6 is 0 Å². The van der Waals surface area contributed by atoms with E-state index in [1.807, 2.05) is 13.8 Å². The Hall–Kier alpha value is -0.830. The summed E-state index contributed by atoms with van der Waals surface area (Å²) in [4.78, 5) is 11.6. The van der Waals surface area contributed by atoms with Crippen LogP contribution in [0.1, 0.15) is 40.0 Å². The lowest BCUT2D eigenvalue weighted by molar-refractivity contribution is -0.140. The Kier molecular flexibility index (Phi) is 3.32. The minimum Gasteiger partial charge on any atom is -0.481 e. The normalized spacial score (nSPS) is 28.6. The molecule has 0 spiro atoms. The molecule has 0 radical (unpaired) electrons. The molecular weight excluding hydrogens is 180 g/mol. The fourth-order valence-corrected chi connectivity index (χ4v) is 1.63. The van der Waals surface area contributed by atoms with Crippen LogP contribution in [0.2, 0.25) is 0 Å². The highest BCUT2D eigenvalue weighted by molar-refractivity contribution is 5.99. The molecule has 2 atom stereocenters. The number of ether oxygens (including phenoxy) is 1. The Morgan fingerprint density at radius 1 is 1.57 bits per heavy atom. The Balaban J connectivity index is 2.74. The third-order valence-corrected chi connectivity index (χ3v) is 2.64. The Bertz CT molecular complexity index is 257. The quantitative estimate of drug-likeness (QED) is 0.749. The van der Waals surface area contributed by atoms with Crippen molar-refractivity contribution in [2.24, 2.45) is 0 Å². The molecular formula is C11H18O3. The molecule has 1 rings (SSSR count). The molecule has 0 aromatic heterocycles. The molecule has 0 aliphatic carbocycles. The second-order valence-corrected chi connectivity index (χ2v) is 3.86. The molecule has 1 aliphatic rings. The standard InChI is InChI=1S/C11H18O3/c1-4-6-8-7-10(13)11(3,14-8)9(12)5-2/h7,9,12H,4-6H2,1-3H3/t9-,11+/m0/s1. The van der Waals surface area contributed by atoms with Crippen LogP contribution in [0, 0.1) is 0 Å². The average molecular weight is 198 g/mol. The second kappa shape index (κ2) is 4.13. The van der Waals surface area contributed by atoms with Crippen LogP contribution in [0.25, 0.3) is 0 Å². The van der Waals surface area contributed by atoms with E-state index in [2.05, 4.69) is 0 Å². The zero-order valence-corrected chi connectivity index (χ0v) is 9.04. The minimum absolute atomic E-state index is 0.115. The molecule has 1 N–H and O–H groups in total. The lowest BCUT2D eigenvalue weighted by Crippen LogP contribution is -2.45. The summed E-state index contributed by atoms with van der Waals surface area (Å²) in [6, 6.07) is 0. The summed E-state index contributed by atoms with van der Waals surface area (Å²) in [5, 5.41) is 9.69. The van der Waals surface area contributed by atoms with Gasteiger partial charge in [-0.15, -0.1) is 0 Å². The summed E-state index contributed by atoms with van der Waals surface area (Å²) >= 11 is 0. The number of hydrogen-bond donors (Lipinski definition) is 1. The lowest BCUT2D eigenvalue weighted by atomic mass is 9.93. The number of allylic oxidation sites excluding steroid dienone is 1. The fraction of sp³-hybridized carbons (Fsp3) is 0.727. The van der Waals surface area contributed by atoms with Crippen molar-refractivity contribution in [3.63, 3.8) is 0 Å². The third-order valence-electron chi connectivity index (χ3n) is 2.64. The Labute approximate surface area is 84.8 Å². The highest BCUT2D eigenvalue weighted by Gasteiger charge is 2.45. The largest absolute Gasteiger partial charge is 0.481 e. The lowest BCUT2D eigenvalue weighted by Gasteiger charge is -2.28. The van der Waals surface area contributed by atoms with Crippen molar-refractivity contribution in [2.45, 2.75) is 51.7 Å². The van der Waals surface area contributed by atoms with E-state index < -0.39 is 11.7 Å². The molecule has 0 fully saturated rings. The van der Waals surface area contributed by atoms with Gasteiger partial charge in [0.15, 0.2) is 5.60 Å². The van der Waals surface area contributed by atoms with Gasteiger partial charge in [-0.2, -0.15) is 0 Å². The van der Waals surface area contributed by atoms with E-state index in [1.54, 1.807) is 6.92 Å². The molecule has 0 aromatic rings. The first-order valence-corrected chi connectivity index (χ1v) is 5.16. The van der Waals surface area contributed by atoms with Crippen molar-refractivity contribution in [3.05, 3.63) is 11.8 Å². The third kappa shape index (κ3) is 1.82. The molecule has 1 aliphatic heterocycles. The Morgan fingerprint density at radius 3 is 2.71 bits per heavy atom. The summed E-state index contributed by atoms with van der Waals surface area (Å²) in [6.45, 7) is 5.52. The van der Waals surface area contributed by atoms with Gasteiger partial charge >= 0.3 is 0 Å². The summed E-state index contributed by atoms with van der Waals surface area (Å²) in [6.07, 6.45) is 3.02. The molecule has 0 unspecified atom stereocenters. The number of rotatable bonds is 4. The first kappa shape index (κ1) is 11.2. The topological polar surface area (TPSA) is 46.5 Å². The van der Waals surface area contributed by atoms with E-state index in [0.29, 0.717) is 12.2 Å². The molecule has 0 saturated carbocycles. The van der Waals surface area contributed by atoms with Gasteiger partial charge in [0.05, 0.1) is 0 Å². The van der Waals surface area contributed by atoms with Crippen LogP contribution in [0.5, 0.6) is 0 Å². The first-order chi connectivity index (χ1) is 6.54. The summed E-state index contributed by atoms with van der Waals surface area (Å²) in [7, 11) is 0. The van der Waals surface area contributed by atoms with Crippen LogP contribution in [0.3, 0.4) is 0 Å². The van der Waals surface area contributed by atoms with Crippen molar-refractivity contribution in [1.29, 1.82) is 0 Å². The van der Waals surface area contributed by atoms with Crippen molar-refractivity contribution in [1.82, 2.24) is 0 Å². The van der Waals surface area contributed by atoms with Crippen LogP contribution < -0.4 is 0 Å². The van der Waals surface area contributed by atoms with Crippen molar-refractivity contribution >= 4 is 5.78 Å². The van der Waals surface area contributed by atoms with E-state index in [9.17, 15) is 9.90 Å². The molecule has 0 saturated heterocycles. The molecule has 14 heavy (non-hydrogen) atoms. The molecule has 1 heterocycles. The van der Waals surface area contributed by atoms with Gasteiger partial charge in [0.1, 0.15) is 11.9 Å². The van der Waals surface area contributed by atoms with Gasteiger partial charge in [0.25, 0.3) is 0 Å². The number of aliphatic hydroxyl groups excluding tert-OH is 1. The predicted octanol–water partition coefficient (Wildman–Crippen LogP) is 1.80. The molecule has 0 amide bonds. The summed E-state index contributed by atoms with van der Waals surface area (Å²) < 4.78 is 5.52. The molecule has 0 bridgehead atoms. The number of carbonyl (C=O) groups is 1. The first-order valence-electron chi connectivity index (χ1n) is 5.16. The van der Waals surface area contributed by atoms with Gasteiger partial charge in [0, 0.05) is 12.5 Å². The van der Waals surface area contributed by atoms with Gasteiger partial charge in [0.2, 0.25) is 5.78 Å². The highest BCUT2D eigenvalue weighted by Crippen LogP contribution is 2.31. The summed E-state index contributed by atoms with van der Waals surface area (Å²) in [5.74, 6) is 0.586. The fourth-order valence-electron chi connectivity index (χ4n) is 1.63. The van der Waals surface area contributed by atoms with E-state index in [-0.39, 0.29) is 5.78 Å². The van der Waals surface area contributed by atoms with Crippen LogP contribution in [-0.2, 0) is 9.53 Å². The van der Waals surface area contributed by atoms with E-state index >= 15 is 0 Å². The molecule has 80 valence electrons. The molecule has 3 nitrogen and oxygen atoms in total. The zero-order valence-electron chi connectivity index (χ0n) is 9.04. The number of hydrogen-bond acceptors (Lipinski definition) is 3. The predicted molar refractivity (Wildman–Crippen MR) is 53.8 cm³/mol. The number of carbonyl (C=O) groups excluding carboxylic acids is 1. The second-order valence-electron chi connectivity index (χ2n) is 3.86. The van der Waals surface area contributed by atoms with Crippen molar-refractivity contribution < 1.29 is 14.6 Å². The summed E-state index contributed by atoms with van der Waals surface area (Å²) in [5.41, 5.74) is -1.04. The van der Waals surface area contributed by atoms with E-state index in [1.165, 1.54) is 6.08 Å². The van der Waals surface area contributed by atoms with Crippen molar-refractivity contribution in [2.75, 3.05) is 0 Å². The van der Waals surface area contributed by atoms with E-state index in [4.69, 9.17) is 4.74 Å². The van der Waals surface area contributed by atoms with Crippen LogP contribution in [0.4, 0.5) is 0 Å². The monoisotopic (exact) mass is 198 g/mol. The zero-order chi connectivity index (χ0) is 10.8. The van der Waals surface area contributed by atoms with Gasteiger partial charge < -0.3 is 9.84 Å². The SMILES string of the molecule is CCCC1=CC(=O)[C@@](C)([C@@H](O)CC)O1. The molecule has 0 aromatic carbocycles. The van der Waals surface area contributed by atoms with Gasteiger partial charge in [-0.1, -0.05) is 13.8 Å². The van der Waals surface area contributed by atoms with Crippen LogP contribution in [0.15, 0.2) is 11.8 Å². The Morgan fingerprint density at radius 2 is 2.21 bits per heavy atom. The van der Waals surface area contributed by atoms with E-state index in [0.717, 1.165) is 12.8 Å². The average Bonchev–Trinajstić information content (AvgIpc) is 2.43. The maximum absolute atomic E-state index is 11.6. The van der Waals surface area contributed by atoms with Gasteiger partial charge in [-0.05, 0) is 19.8 Å². The van der Waals surface area contributed by atoms with Gasteiger partial charge in [-0.3, -0.25) is 4.79 Å².